The van der Waals surface area contributed by atoms with E-state index < -0.39 is 0 Å². The van der Waals surface area contributed by atoms with Crippen LogP contribution in [0.25, 0.3) is 0 Å². The van der Waals surface area contributed by atoms with Crippen LogP contribution in [0.4, 0.5) is 0 Å². The van der Waals surface area contributed by atoms with E-state index in [-0.39, 0.29) is 5.91 Å². The molecule has 2 nitrogen and oxygen atoms in total. The molecular weight excluding hydrogens is 198 g/mol. The average molecular weight is 215 g/mol. The molecule has 0 saturated carbocycles. The molecule has 0 bridgehead atoms. The van der Waals surface area contributed by atoms with E-state index in [2.05, 4.69) is 30.8 Å². The van der Waals surface area contributed by atoms with Crippen molar-refractivity contribution in [2.45, 2.75) is 13.3 Å². The Morgan fingerprint density at radius 1 is 1.44 bits per heavy atom. The lowest BCUT2D eigenvalue weighted by molar-refractivity contribution is -0.127. The SMILES string of the molecule is C=C1CN(C(C)=O)CC1Cc1ccccc1. The molecule has 1 aliphatic heterocycles. The molecule has 84 valence electrons. The van der Waals surface area contributed by atoms with Crippen LogP contribution in [0.5, 0.6) is 0 Å². The first kappa shape index (κ1) is 10.9. The van der Waals surface area contributed by atoms with Crippen LogP contribution in [0.3, 0.4) is 0 Å². The second-order valence-electron chi connectivity index (χ2n) is 4.44. The number of hydrogen-bond acceptors (Lipinski definition) is 1. The topological polar surface area (TPSA) is 20.3 Å². The summed E-state index contributed by atoms with van der Waals surface area (Å²) in [4.78, 5) is 13.1. The number of benzene rings is 1. The Kier molecular flexibility index (Phi) is 3.09. The largest absolute Gasteiger partial charge is 0.338 e. The van der Waals surface area contributed by atoms with Crippen LogP contribution in [0.15, 0.2) is 42.5 Å². The first-order valence-electron chi connectivity index (χ1n) is 5.64. The van der Waals surface area contributed by atoms with E-state index in [4.69, 9.17) is 0 Å². The van der Waals surface area contributed by atoms with Crippen LogP contribution >= 0.6 is 0 Å². The highest BCUT2D eigenvalue weighted by Crippen LogP contribution is 2.24. The fourth-order valence-electron chi connectivity index (χ4n) is 2.18. The standard InChI is InChI=1S/C14H17NO/c1-11-9-15(12(2)16)10-14(11)8-13-6-4-3-5-7-13/h3-7,14H,1,8-10H2,2H3. The number of carbonyl (C=O) groups is 1. The van der Waals surface area contributed by atoms with E-state index in [1.165, 1.54) is 11.1 Å². The summed E-state index contributed by atoms with van der Waals surface area (Å²) in [7, 11) is 0. The van der Waals surface area contributed by atoms with Crippen LogP contribution in [-0.4, -0.2) is 23.9 Å². The lowest BCUT2D eigenvalue weighted by Gasteiger charge is -2.13. The van der Waals surface area contributed by atoms with Crippen molar-refractivity contribution < 1.29 is 4.79 Å². The molecule has 1 fully saturated rings. The van der Waals surface area contributed by atoms with E-state index in [1.54, 1.807) is 6.92 Å². The minimum Gasteiger partial charge on any atom is -0.338 e. The van der Waals surface area contributed by atoms with Gasteiger partial charge in [-0.3, -0.25) is 4.79 Å². The molecule has 1 heterocycles. The van der Waals surface area contributed by atoms with Crippen LogP contribution in [0, 0.1) is 5.92 Å². The Bertz CT molecular complexity index is 396. The van der Waals surface area contributed by atoms with Gasteiger partial charge in [0.2, 0.25) is 5.91 Å². The number of hydrogen-bond donors (Lipinski definition) is 0. The zero-order chi connectivity index (χ0) is 11.5. The van der Waals surface area contributed by atoms with Gasteiger partial charge in [0.15, 0.2) is 0 Å². The third kappa shape index (κ3) is 2.32. The average Bonchev–Trinajstić information content (AvgIpc) is 2.62. The molecule has 1 saturated heterocycles. The fraction of sp³-hybridized carbons (Fsp3) is 0.357. The molecular formula is C14H17NO. The molecule has 2 heteroatoms. The van der Waals surface area contributed by atoms with Gasteiger partial charge in [0, 0.05) is 25.9 Å². The van der Waals surface area contributed by atoms with Crippen LogP contribution in [0.2, 0.25) is 0 Å². The van der Waals surface area contributed by atoms with Gasteiger partial charge < -0.3 is 4.90 Å². The monoisotopic (exact) mass is 215 g/mol. The van der Waals surface area contributed by atoms with Crippen molar-refractivity contribution in [3.63, 3.8) is 0 Å². The smallest absolute Gasteiger partial charge is 0.219 e. The second kappa shape index (κ2) is 4.52. The molecule has 1 unspecified atom stereocenters. The summed E-state index contributed by atoms with van der Waals surface area (Å²) in [6.07, 6.45) is 0.990. The highest BCUT2D eigenvalue weighted by molar-refractivity contribution is 5.74. The normalized spacial score (nSPS) is 20.2. The number of amides is 1. The van der Waals surface area contributed by atoms with Crippen molar-refractivity contribution >= 4 is 5.91 Å². The van der Waals surface area contributed by atoms with Crippen molar-refractivity contribution in [2.24, 2.45) is 5.92 Å². The fourth-order valence-corrected chi connectivity index (χ4v) is 2.18. The maximum atomic E-state index is 11.3. The van der Waals surface area contributed by atoms with Gasteiger partial charge in [0.05, 0.1) is 0 Å². The summed E-state index contributed by atoms with van der Waals surface area (Å²) in [6.45, 7) is 7.25. The lowest BCUT2D eigenvalue weighted by atomic mass is 9.96. The minimum absolute atomic E-state index is 0.150. The first-order chi connectivity index (χ1) is 7.66. The molecule has 16 heavy (non-hydrogen) atoms. The van der Waals surface area contributed by atoms with Crippen molar-refractivity contribution in [1.29, 1.82) is 0 Å². The predicted molar refractivity (Wildman–Crippen MR) is 65.0 cm³/mol. The Balaban J connectivity index is 2.02. The van der Waals surface area contributed by atoms with Crippen LogP contribution in [0.1, 0.15) is 12.5 Å². The van der Waals surface area contributed by atoms with Crippen molar-refractivity contribution in [2.75, 3.05) is 13.1 Å². The van der Waals surface area contributed by atoms with Gasteiger partial charge in [-0.15, -0.1) is 0 Å². The number of nitrogens with zero attached hydrogens (tertiary/aromatic N) is 1. The molecule has 0 spiro atoms. The molecule has 1 atom stereocenters. The maximum Gasteiger partial charge on any atom is 0.219 e. The summed E-state index contributed by atoms with van der Waals surface area (Å²) in [5.74, 6) is 0.572. The number of carbonyl (C=O) groups excluding carboxylic acids is 1. The molecule has 0 aromatic heterocycles. The third-order valence-electron chi connectivity index (χ3n) is 3.18. The zero-order valence-electron chi connectivity index (χ0n) is 9.65. The molecule has 1 aliphatic rings. The minimum atomic E-state index is 0.150. The van der Waals surface area contributed by atoms with Gasteiger partial charge in [0.25, 0.3) is 0 Å². The van der Waals surface area contributed by atoms with E-state index in [0.717, 1.165) is 19.5 Å². The molecule has 2 rings (SSSR count). The van der Waals surface area contributed by atoms with E-state index in [0.29, 0.717) is 5.92 Å². The van der Waals surface area contributed by atoms with Crippen molar-refractivity contribution in [1.82, 2.24) is 4.90 Å². The summed E-state index contributed by atoms with van der Waals surface area (Å²) in [5.41, 5.74) is 2.50. The maximum absolute atomic E-state index is 11.3. The van der Waals surface area contributed by atoms with Crippen molar-refractivity contribution in [3.8, 4) is 0 Å². The lowest BCUT2D eigenvalue weighted by Crippen LogP contribution is -2.26. The molecule has 1 aromatic carbocycles. The van der Waals surface area contributed by atoms with Gasteiger partial charge in [-0.25, -0.2) is 0 Å². The summed E-state index contributed by atoms with van der Waals surface area (Å²) in [5, 5.41) is 0. The molecule has 1 aromatic rings. The van der Waals surface area contributed by atoms with Crippen molar-refractivity contribution in [3.05, 3.63) is 48.0 Å². The number of likely N-dealkylation sites (tertiary alicyclic amines) is 1. The van der Waals surface area contributed by atoms with Gasteiger partial charge in [-0.05, 0) is 12.0 Å². The molecule has 0 N–H and O–H groups in total. The van der Waals surface area contributed by atoms with E-state index >= 15 is 0 Å². The Labute approximate surface area is 96.6 Å². The van der Waals surface area contributed by atoms with Gasteiger partial charge in [-0.2, -0.15) is 0 Å². The second-order valence-corrected chi connectivity index (χ2v) is 4.44. The zero-order valence-corrected chi connectivity index (χ0v) is 9.65. The van der Waals surface area contributed by atoms with E-state index in [1.807, 2.05) is 11.0 Å². The Morgan fingerprint density at radius 2 is 2.12 bits per heavy atom. The quantitative estimate of drug-likeness (QED) is 0.693. The Morgan fingerprint density at radius 3 is 2.69 bits per heavy atom. The summed E-state index contributed by atoms with van der Waals surface area (Å²) < 4.78 is 0. The highest BCUT2D eigenvalue weighted by atomic mass is 16.2. The summed E-state index contributed by atoms with van der Waals surface area (Å²) >= 11 is 0. The van der Waals surface area contributed by atoms with E-state index in [9.17, 15) is 4.79 Å². The highest BCUT2D eigenvalue weighted by Gasteiger charge is 2.27. The van der Waals surface area contributed by atoms with Gasteiger partial charge >= 0.3 is 0 Å². The predicted octanol–water partition coefficient (Wildman–Crippen LogP) is 2.26. The van der Waals surface area contributed by atoms with Crippen LogP contribution in [-0.2, 0) is 11.2 Å². The number of rotatable bonds is 2. The first-order valence-corrected chi connectivity index (χ1v) is 5.64. The third-order valence-corrected chi connectivity index (χ3v) is 3.18. The molecule has 1 amide bonds. The van der Waals surface area contributed by atoms with Crippen LogP contribution < -0.4 is 0 Å². The molecule has 0 aliphatic carbocycles. The van der Waals surface area contributed by atoms with Gasteiger partial charge in [-0.1, -0.05) is 42.5 Å². The summed E-state index contributed by atoms with van der Waals surface area (Å²) in [6, 6.07) is 10.4. The molecule has 0 radical (unpaired) electrons. The Hall–Kier alpha value is -1.57. The van der Waals surface area contributed by atoms with Gasteiger partial charge in [0.1, 0.15) is 0 Å².